The summed E-state index contributed by atoms with van der Waals surface area (Å²) in [5.74, 6) is -0.833. The molecule has 0 bridgehead atoms. The number of carbonyl (C=O) groups excluding carboxylic acids is 1. The van der Waals surface area contributed by atoms with Crippen molar-refractivity contribution in [1.82, 2.24) is 0 Å². The van der Waals surface area contributed by atoms with Gasteiger partial charge < -0.3 is 10.8 Å². The van der Waals surface area contributed by atoms with E-state index in [9.17, 15) is 9.59 Å². The predicted molar refractivity (Wildman–Crippen MR) is 63.0 cm³/mol. The lowest BCUT2D eigenvalue weighted by Crippen LogP contribution is -2.37. The van der Waals surface area contributed by atoms with Crippen molar-refractivity contribution in [2.75, 3.05) is 0 Å². The lowest BCUT2D eigenvalue weighted by Gasteiger charge is -2.14. The normalized spacial score (nSPS) is 19.8. The highest BCUT2D eigenvalue weighted by Gasteiger charge is 2.29. The second-order valence-corrected chi connectivity index (χ2v) is 4.59. The first-order chi connectivity index (χ1) is 7.99. The van der Waals surface area contributed by atoms with Crippen LogP contribution in [0.3, 0.4) is 0 Å². The van der Waals surface area contributed by atoms with Crippen LogP contribution in [0.5, 0.6) is 0 Å². The first kappa shape index (κ1) is 11.8. The number of hydrogen-bond donors (Lipinski definition) is 2. The minimum absolute atomic E-state index is 0.0127. The Hall–Kier alpha value is -1.68. The number of rotatable bonds is 3. The van der Waals surface area contributed by atoms with Crippen LogP contribution in [0.1, 0.15) is 28.4 Å². The van der Waals surface area contributed by atoms with Crippen molar-refractivity contribution in [2.24, 2.45) is 11.7 Å². The third-order valence-corrected chi connectivity index (χ3v) is 3.39. The van der Waals surface area contributed by atoms with Gasteiger partial charge in [-0.2, -0.15) is 0 Å². The molecule has 4 nitrogen and oxygen atoms in total. The highest BCUT2D eigenvalue weighted by molar-refractivity contribution is 5.88. The Morgan fingerprint density at radius 3 is 2.59 bits per heavy atom. The van der Waals surface area contributed by atoms with E-state index >= 15 is 0 Å². The highest BCUT2D eigenvalue weighted by atomic mass is 16.4. The molecular formula is C13H15NO3. The zero-order valence-electron chi connectivity index (χ0n) is 9.64. The van der Waals surface area contributed by atoms with E-state index in [1.807, 2.05) is 6.07 Å². The molecule has 0 radical (unpaired) electrons. The molecule has 1 aromatic carbocycles. The summed E-state index contributed by atoms with van der Waals surface area (Å²) >= 11 is 0. The summed E-state index contributed by atoms with van der Waals surface area (Å²) in [6.45, 7) is 1.50. The summed E-state index contributed by atoms with van der Waals surface area (Å²) < 4.78 is 0. The molecule has 0 spiro atoms. The van der Waals surface area contributed by atoms with E-state index in [1.54, 1.807) is 12.1 Å². The van der Waals surface area contributed by atoms with Crippen LogP contribution >= 0.6 is 0 Å². The molecule has 0 saturated carbocycles. The Kier molecular flexibility index (Phi) is 2.98. The van der Waals surface area contributed by atoms with E-state index in [4.69, 9.17) is 10.8 Å². The first-order valence-corrected chi connectivity index (χ1v) is 5.60. The maximum Gasteiger partial charge on any atom is 0.335 e. The van der Waals surface area contributed by atoms with Crippen molar-refractivity contribution in [3.05, 3.63) is 34.9 Å². The molecule has 2 atom stereocenters. The van der Waals surface area contributed by atoms with E-state index in [0.29, 0.717) is 12.0 Å². The number of carbonyl (C=O) groups is 2. The van der Waals surface area contributed by atoms with E-state index in [-0.39, 0.29) is 11.7 Å². The van der Waals surface area contributed by atoms with Crippen molar-refractivity contribution >= 4 is 11.8 Å². The van der Waals surface area contributed by atoms with Crippen LogP contribution in [-0.4, -0.2) is 22.9 Å². The van der Waals surface area contributed by atoms with Crippen LogP contribution in [-0.2, 0) is 17.6 Å². The number of aromatic carboxylic acids is 1. The van der Waals surface area contributed by atoms with Gasteiger partial charge in [0.05, 0.1) is 11.6 Å². The van der Waals surface area contributed by atoms with Crippen LogP contribution in [0.15, 0.2) is 18.2 Å². The van der Waals surface area contributed by atoms with Gasteiger partial charge in [-0.25, -0.2) is 4.79 Å². The van der Waals surface area contributed by atoms with E-state index in [0.717, 1.165) is 17.5 Å². The number of nitrogens with two attached hydrogens (primary N) is 1. The van der Waals surface area contributed by atoms with Crippen LogP contribution in [0.2, 0.25) is 0 Å². The molecule has 2 unspecified atom stereocenters. The molecule has 1 aliphatic carbocycles. The molecule has 0 heterocycles. The van der Waals surface area contributed by atoms with Gasteiger partial charge in [0.2, 0.25) is 0 Å². The second-order valence-electron chi connectivity index (χ2n) is 4.59. The van der Waals surface area contributed by atoms with Crippen molar-refractivity contribution in [1.29, 1.82) is 0 Å². The maximum absolute atomic E-state index is 11.2. The molecule has 1 aliphatic rings. The van der Waals surface area contributed by atoms with Crippen LogP contribution in [0.4, 0.5) is 0 Å². The summed E-state index contributed by atoms with van der Waals surface area (Å²) in [5, 5.41) is 8.90. The first-order valence-electron chi connectivity index (χ1n) is 5.60. The molecule has 0 aliphatic heterocycles. The molecule has 2 rings (SSSR count). The lowest BCUT2D eigenvalue weighted by molar-refractivity contribution is -0.119. The quantitative estimate of drug-likeness (QED) is 0.816. The zero-order valence-corrected chi connectivity index (χ0v) is 9.64. The fourth-order valence-corrected chi connectivity index (χ4v) is 2.37. The molecule has 1 aromatic rings. The van der Waals surface area contributed by atoms with Crippen molar-refractivity contribution in [3.63, 3.8) is 0 Å². The standard InChI is InChI=1S/C13H15NO3/c1-7(15)12(14)11-4-8-2-3-9(13(16)17)5-10(8)6-11/h2-3,5,11-12H,4,6,14H2,1H3,(H,16,17). The maximum atomic E-state index is 11.2. The van der Waals surface area contributed by atoms with E-state index < -0.39 is 12.0 Å². The number of carboxylic acids is 1. The van der Waals surface area contributed by atoms with E-state index in [2.05, 4.69) is 0 Å². The second kappa shape index (κ2) is 4.30. The van der Waals surface area contributed by atoms with Crippen LogP contribution < -0.4 is 5.73 Å². The lowest BCUT2D eigenvalue weighted by atomic mass is 9.95. The van der Waals surface area contributed by atoms with Crippen molar-refractivity contribution in [3.8, 4) is 0 Å². The fraction of sp³-hybridized carbons (Fsp3) is 0.385. The highest BCUT2D eigenvalue weighted by Crippen LogP contribution is 2.29. The topological polar surface area (TPSA) is 80.4 Å². The summed E-state index contributed by atoms with van der Waals surface area (Å²) in [4.78, 5) is 22.1. The molecule has 0 fully saturated rings. The largest absolute Gasteiger partial charge is 0.478 e. The molecule has 0 saturated heterocycles. The number of ketones is 1. The Bertz CT molecular complexity index is 482. The minimum atomic E-state index is -0.924. The van der Waals surface area contributed by atoms with Gasteiger partial charge in [-0.05, 0) is 48.9 Å². The fourth-order valence-electron chi connectivity index (χ4n) is 2.37. The molecule has 4 heteroatoms. The van der Waals surface area contributed by atoms with Gasteiger partial charge in [0.15, 0.2) is 0 Å². The Labute approximate surface area is 99.4 Å². The van der Waals surface area contributed by atoms with Gasteiger partial charge in [-0.15, -0.1) is 0 Å². The summed E-state index contributed by atoms with van der Waals surface area (Å²) in [6.07, 6.45) is 1.45. The summed E-state index contributed by atoms with van der Waals surface area (Å²) in [5.41, 5.74) is 8.24. The minimum Gasteiger partial charge on any atom is -0.478 e. The Balaban J connectivity index is 2.22. The molecule has 17 heavy (non-hydrogen) atoms. The molecule has 0 aromatic heterocycles. The number of fused-ring (bicyclic) bond motifs is 1. The van der Waals surface area contributed by atoms with Gasteiger partial charge in [0.1, 0.15) is 5.78 Å². The number of benzene rings is 1. The monoisotopic (exact) mass is 233 g/mol. The smallest absolute Gasteiger partial charge is 0.335 e. The van der Waals surface area contributed by atoms with Crippen LogP contribution in [0.25, 0.3) is 0 Å². The van der Waals surface area contributed by atoms with Gasteiger partial charge in [-0.1, -0.05) is 6.07 Å². The number of carboxylic acid groups (broad SMARTS) is 1. The Morgan fingerprint density at radius 2 is 2.00 bits per heavy atom. The molecule has 90 valence electrons. The zero-order chi connectivity index (χ0) is 12.6. The van der Waals surface area contributed by atoms with Crippen LogP contribution in [0, 0.1) is 5.92 Å². The molecular weight excluding hydrogens is 218 g/mol. The Morgan fingerprint density at radius 1 is 1.35 bits per heavy atom. The number of hydrogen-bond acceptors (Lipinski definition) is 3. The predicted octanol–water partition coefficient (Wildman–Crippen LogP) is 1.02. The summed E-state index contributed by atoms with van der Waals surface area (Å²) in [7, 11) is 0. The SMILES string of the molecule is CC(=O)C(N)C1Cc2ccc(C(=O)O)cc2C1. The van der Waals surface area contributed by atoms with Gasteiger partial charge in [-0.3, -0.25) is 4.79 Å². The van der Waals surface area contributed by atoms with Gasteiger partial charge >= 0.3 is 5.97 Å². The molecule has 0 amide bonds. The number of Topliss-reactive ketones (excluding diaryl/α,β-unsaturated/α-hetero) is 1. The third-order valence-electron chi connectivity index (χ3n) is 3.39. The average molecular weight is 233 g/mol. The van der Waals surface area contributed by atoms with E-state index in [1.165, 1.54) is 6.92 Å². The van der Waals surface area contributed by atoms with Crippen molar-refractivity contribution < 1.29 is 14.7 Å². The summed E-state index contributed by atoms with van der Waals surface area (Å²) in [6, 6.07) is 4.66. The van der Waals surface area contributed by atoms with Gasteiger partial charge in [0, 0.05) is 0 Å². The average Bonchev–Trinajstić information content (AvgIpc) is 2.69. The molecule has 3 N–H and O–H groups in total. The van der Waals surface area contributed by atoms with Crippen molar-refractivity contribution in [2.45, 2.75) is 25.8 Å². The third kappa shape index (κ3) is 2.22. The van der Waals surface area contributed by atoms with Gasteiger partial charge in [0.25, 0.3) is 0 Å².